The predicted octanol–water partition coefficient (Wildman–Crippen LogP) is 4.73. The lowest BCUT2D eigenvalue weighted by atomic mass is 9.98. The van der Waals surface area contributed by atoms with E-state index in [0.717, 1.165) is 22.4 Å². The Bertz CT molecular complexity index is 1110. The lowest BCUT2D eigenvalue weighted by Gasteiger charge is -2.13. The Hall–Kier alpha value is -3.67. The van der Waals surface area contributed by atoms with Crippen molar-refractivity contribution in [3.63, 3.8) is 0 Å². The van der Waals surface area contributed by atoms with Gasteiger partial charge in [-0.15, -0.1) is 0 Å². The molecule has 0 saturated heterocycles. The number of rotatable bonds is 5. The second-order valence-corrected chi connectivity index (χ2v) is 7.62. The van der Waals surface area contributed by atoms with Crippen LogP contribution >= 0.6 is 0 Å². The van der Waals surface area contributed by atoms with E-state index < -0.39 is 17.4 Å². The molecule has 1 atom stereocenters. The van der Waals surface area contributed by atoms with Gasteiger partial charge in [-0.2, -0.15) is 0 Å². The summed E-state index contributed by atoms with van der Waals surface area (Å²) in [5.41, 5.74) is 4.14. The molecule has 0 bridgehead atoms. The van der Waals surface area contributed by atoms with Crippen molar-refractivity contribution in [3.8, 4) is 5.69 Å². The number of aromatic carboxylic acids is 1. The molecule has 6 nitrogen and oxygen atoms in total. The molecular formula is C25H27NO5. The van der Waals surface area contributed by atoms with Crippen LogP contribution in [-0.4, -0.2) is 26.7 Å². The fraction of sp³-hybridized carbons (Fsp3) is 0.240. The standard InChI is InChI=1S/C15H15NO3.C10H12O2/c1-9-4-10(2)6-12(5-9)16-8-13(15(18)19)14(17)7-11(16)3;1-8(7-10(11)12)9-5-3-2-4-6-9/h4-8H,1-3H3,(H,18,19);2-6,8H,7H2,1H3,(H,11,12). The monoisotopic (exact) mass is 421 g/mol. The first-order valence-electron chi connectivity index (χ1n) is 9.90. The summed E-state index contributed by atoms with van der Waals surface area (Å²) < 4.78 is 1.73. The minimum atomic E-state index is -1.21. The number of carbonyl (C=O) groups is 2. The van der Waals surface area contributed by atoms with E-state index in [1.807, 2.05) is 69.3 Å². The summed E-state index contributed by atoms with van der Waals surface area (Å²) in [6.45, 7) is 7.66. The Morgan fingerprint density at radius 2 is 1.52 bits per heavy atom. The molecule has 3 aromatic rings. The van der Waals surface area contributed by atoms with Gasteiger partial charge in [0.25, 0.3) is 0 Å². The summed E-state index contributed by atoms with van der Waals surface area (Å²) in [5, 5.41) is 17.6. The highest BCUT2D eigenvalue weighted by molar-refractivity contribution is 5.87. The molecule has 0 saturated carbocycles. The maximum atomic E-state index is 11.6. The number of nitrogens with zero attached hydrogens (tertiary/aromatic N) is 1. The largest absolute Gasteiger partial charge is 0.481 e. The zero-order valence-electron chi connectivity index (χ0n) is 18.1. The van der Waals surface area contributed by atoms with Crippen LogP contribution in [0.4, 0.5) is 0 Å². The Balaban J connectivity index is 0.000000245. The van der Waals surface area contributed by atoms with Crippen molar-refractivity contribution in [3.05, 3.63) is 99.0 Å². The number of carboxylic acids is 2. The number of hydrogen-bond acceptors (Lipinski definition) is 3. The molecule has 0 fully saturated rings. The molecule has 1 heterocycles. The highest BCUT2D eigenvalue weighted by atomic mass is 16.4. The quantitative estimate of drug-likeness (QED) is 0.621. The third kappa shape index (κ3) is 6.67. The molecule has 2 N–H and O–H groups in total. The van der Waals surface area contributed by atoms with E-state index in [1.54, 1.807) is 11.5 Å². The van der Waals surface area contributed by atoms with Crippen LogP contribution in [0, 0.1) is 20.8 Å². The molecule has 0 aliphatic rings. The van der Waals surface area contributed by atoms with Crippen molar-refractivity contribution in [2.75, 3.05) is 0 Å². The van der Waals surface area contributed by atoms with Crippen LogP contribution in [0.5, 0.6) is 0 Å². The lowest BCUT2D eigenvalue weighted by molar-refractivity contribution is -0.137. The van der Waals surface area contributed by atoms with Gasteiger partial charge in [0.1, 0.15) is 5.56 Å². The van der Waals surface area contributed by atoms with Gasteiger partial charge in [-0.1, -0.05) is 43.3 Å². The van der Waals surface area contributed by atoms with E-state index >= 15 is 0 Å². The first kappa shape index (κ1) is 23.6. The van der Waals surface area contributed by atoms with Gasteiger partial charge in [0, 0.05) is 23.6 Å². The highest BCUT2D eigenvalue weighted by Gasteiger charge is 2.12. The third-order valence-electron chi connectivity index (χ3n) is 4.81. The van der Waals surface area contributed by atoms with Crippen molar-refractivity contribution >= 4 is 11.9 Å². The van der Waals surface area contributed by atoms with Crippen LogP contribution in [0.1, 0.15) is 52.0 Å². The first-order valence-corrected chi connectivity index (χ1v) is 9.90. The summed E-state index contributed by atoms with van der Waals surface area (Å²) in [4.78, 5) is 33.0. The number of carboxylic acid groups (broad SMARTS) is 2. The molecule has 0 spiro atoms. The molecule has 0 aliphatic heterocycles. The SMILES string of the molecule is CC(CC(=O)O)c1ccccc1.Cc1cc(C)cc(-n2cc(C(=O)O)c(=O)cc2C)c1. The van der Waals surface area contributed by atoms with Gasteiger partial charge < -0.3 is 14.8 Å². The van der Waals surface area contributed by atoms with Gasteiger partial charge in [0.05, 0.1) is 6.42 Å². The lowest BCUT2D eigenvalue weighted by Crippen LogP contribution is -2.18. The fourth-order valence-electron chi connectivity index (χ4n) is 3.32. The van der Waals surface area contributed by atoms with Crippen LogP contribution in [0.3, 0.4) is 0 Å². The Morgan fingerprint density at radius 3 is 2.03 bits per heavy atom. The summed E-state index contributed by atoms with van der Waals surface area (Å²) in [5.74, 6) is -1.85. The van der Waals surface area contributed by atoms with Crippen LogP contribution in [0.25, 0.3) is 5.69 Å². The van der Waals surface area contributed by atoms with Crippen molar-refractivity contribution < 1.29 is 19.8 Å². The van der Waals surface area contributed by atoms with Gasteiger partial charge in [-0.05, 0) is 55.5 Å². The molecule has 2 aromatic carbocycles. The second-order valence-electron chi connectivity index (χ2n) is 7.62. The number of benzene rings is 2. The summed E-state index contributed by atoms with van der Waals surface area (Å²) in [7, 11) is 0. The maximum absolute atomic E-state index is 11.6. The zero-order valence-corrected chi connectivity index (χ0v) is 18.1. The van der Waals surface area contributed by atoms with E-state index in [-0.39, 0.29) is 17.9 Å². The van der Waals surface area contributed by atoms with Crippen molar-refractivity contribution in [1.29, 1.82) is 0 Å². The van der Waals surface area contributed by atoms with E-state index in [9.17, 15) is 14.4 Å². The van der Waals surface area contributed by atoms with Gasteiger partial charge >= 0.3 is 11.9 Å². The Morgan fingerprint density at radius 1 is 0.935 bits per heavy atom. The molecule has 3 rings (SSSR count). The summed E-state index contributed by atoms with van der Waals surface area (Å²) >= 11 is 0. The molecule has 1 aromatic heterocycles. The van der Waals surface area contributed by atoms with Crippen LogP contribution < -0.4 is 5.43 Å². The van der Waals surface area contributed by atoms with Crippen molar-refractivity contribution in [1.82, 2.24) is 4.57 Å². The van der Waals surface area contributed by atoms with Crippen LogP contribution in [0.15, 0.2) is 65.6 Å². The molecule has 31 heavy (non-hydrogen) atoms. The summed E-state index contributed by atoms with van der Waals surface area (Å²) in [6.07, 6.45) is 1.58. The number of aryl methyl sites for hydroxylation is 3. The van der Waals surface area contributed by atoms with Gasteiger partial charge in [0.15, 0.2) is 5.43 Å². The zero-order chi connectivity index (χ0) is 23.1. The second kappa shape index (κ2) is 10.4. The predicted molar refractivity (Wildman–Crippen MR) is 120 cm³/mol. The number of pyridine rings is 1. The van der Waals surface area contributed by atoms with Crippen LogP contribution in [0.2, 0.25) is 0 Å². The molecule has 0 amide bonds. The molecule has 162 valence electrons. The van der Waals surface area contributed by atoms with E-state index in [1.165, 1.54) is 12.3 Å². The minimum Gasteiger partial charge on any atom is -0.481 e. The molecular weight excluding hydrogens is 394 g/mol. The smallest absolute Gasteiger partial charge is 0.341 e. The number of hydrogen-bond donors (Lipinski definition) is 2. The topological polar surface area (TPSA) is 96.6 Å². The molecule has 0 aliphatic carbocycles. The van der Waals surface area contributed by atoms with E-state index in [0.29, 0.717) is 5.69 Å². The molecule has 6 heteroatoms. The minimum absolute atomic E-state index is 0.101. The number of aromatic nitrogens is 1. The van der Waals surface area contributed by atoms with Crippen LogP contribution in [-0.2, 0) is 4.79 Å². The molecule has 0 radical (unpaired) electrons. The van der Waals surface area contributed by atoms with E-state index in [4.69, 9.17) is 10.2 Å². The fourth-order valence-corrected chi connectivity index (χ4v) is 3.32. The summed E-state index contributed by atoms with van der Waals surface area (Å²) in [6, 6.07) is 17.0. The molecule has 1 unspecified atom stereocenters. The number of aliphatic carboxylic acids is 1. The van der Waals surface area contributed by atoms with Gasteiger partial charge in [-0.3, -0.25) is 9.59 Å². The average Bonchev–Trinajstić information content (AvgIpc) is 2.67. The third-order valence-corrected chi connectivity index (χ3v) is 4.81. The van der Waals surface area contributed by atoms with Crippen molar-refractivity contribution in [2.45, 2.75) is 40.0 Å². The average molecular weight is 421 g/mol. The van der Waals surface area contributed by atoms with Crippen molar-refractivity contribution in [2.24, 2.45) is 0 Å². The normalized spacial score (nSPS) is 11.2. The highest BCUT2D eigenvalue weighted by Crippen LogP contribution is 2.18. The Kier molecular flexibility index (Phi) is 7.91. The van der Waals surface area contributed by atoms with Gasteiger partial charge in [-0.25, -0.2) is 4.79 Å². The van der Waals surface area contributed by atoms with E-state index in [2.05, 4.69) is 0 Å². The maximum Gasteiger partial charge on any atom is 0.341 e. The first-order chi connectivity index (χ1) is 14.6. The van der Waals surface area contributed by atoms with Gasteiger partial charge in [0.2, 0.25) is 0 Å². The Labute approximate surface area is 181 Å².